The highest BCUT2D eigenvalue weighted by Crippen LogP contribution is 2.28. The van der Waals surface area contributed by atoms with Crippen LogP contribution < -0.4 is 4.74 Å². The number of ether oxygens (including phenoxy) is 1. The summed E-state index contributed by atoms with van der Waals surface area (Å²) in [5.74, 6) is 1.08. The predicted molar refractivity (Wildman–Crippen MR) is 93.0 cm³/mol. The number of alkyl halides is 1. The zero-order valence-corrected chi connectivity index (χ0v) is 14.6. The normalized spacial score (nSPS) is 11.8. The summed E-state index contributed by atoms with van der Waals surface area (Å²) < 4.78 is 5.77. The molecule has 1 rings (SSSR count). The van der Waals surface area contributed by atoms with Gasteiger partial charge >= 0.3 is 0 Å². The van der Waals surface area contributed by atoms with E-state index in [2.05, 4.69) is 17.1 Å². The summed E-state index contributed by atoms with van der Waals surface area (Å²) in [5.41, 5.74) is 3.65. The molecule has 0 atom stereocenters. The molecule has 0 unspecified atom stereocenters. The maximum absolute atomic E-state index is 5.78. The van der Waals surface area contributed by atoms with Crippen LogP contribution in [-0.2, 0) is 4.84 Å². The highest BCUT2D eigenvalue weighted by atomic mass is 35.5. The minimum absolute atomic E-state index is 0.275. The van der Waals surface area contributed by atoms with Gasteiger partial charge in [0.15, 0.2) is 0 Å². The summed E-state index contributed by atoms with van der Waals surface area (Å²) in [7, 11) is 3.48. The van der Waals surface area contributed by atoms with Crippen LogP contribution >= 0.6 is 11.6 Å². The zero-order chi connectivity index (χ0) is 16.5. The number of aliphatic imine (C=N–C) groups is 1. The fourth-order valence-corrected chi connectivity index (χ4v) is 1.82. The molecule has 1 aromatic carbocycles. The molecule has 22 heavy (non-hydrogen) atoms. The summed E-state index contributed by atoms with van der Waals surface area (Å²) in [6, 6.07) is 3.99. The van der Waals surface area contributed by atoms with Crippen molar-refractivity contribution < 1.29 is 9.57 Å². The van der Waals surface area contributed by atoms with E-state index in [9.17, 15) is 0 Å². The van der Waals surface area contributed by atoms with Crippen molar-refractivity contribution in [1.29, 1.82) is 0 Å². The van der Waals surface area contributed by atoms with Gasteiger partial charge in [-0.05, 0) is 44.0 Å². The van der Waals surface area contributed by atoms with Gasteiger partial charge in [0.1, 0.15) is 25.2 Å². The number of hydrogen-bond donors (Lipinski definition) is 0. The molecule has 0 bridgehead atoms. The molecule has 0 fully saturated rings. The van der Waals surface area contributed by atoms with E-state index in [1.807, 2.05) is 44.3 Å². The van der Waals surface area contributed by atoms with Crippen molar-refractivity contribution in [3.63, 3.8) is 0 Å². The number of halogens is 1. The lowest BCUT2D eigenvalue weighted by Gasteiger charge is -2.13. The Labute approximate surface area is 137 Å². The average Bonchev–Trinajstić information content (AvgIpc) is 2.52. The van der Waals surface area contributed by atoms with Crippen LogP contribution in [0, 0.1) is 13.8 Å². The summed E-state index contributed by atoms with van der Waals surface area (Å²) in [6.45, 7) is 7.31. The highest BCUT2D eigenvalue weighted by Gasteiger charge is 2.07. The molecule has 0 N–H and O–H groups in total. The number of rotatable bonds is 8. The molecule has 0 heterocycles. The van der Waals surface area contributed by atoms with Gasteiger partial charge in [0, 0.05) is 13.6 Å². The smallest absolute Gasteiger partial charge is 0.131 e. The second-order valence-electron chi connectivity index (χ2n) is 4.98. The van der Waals surface area contributed by atoms with Gasteiger partial charge in [0.2, 0.25) is 0 Å². The molecular formula is C16H24ClN3O2. The van der Waals surface area contributed by atoms with Gasteiger partial charge in [-0.15, -0.1) is 11.6 Å². The number of oxime groups is 1. The van der Waals surface area contributed by atoms with E-state index < -0.39 is 0 Å². The van der Waals surface area contributed by atoms with Crippen LogP contribution in [0.3, 0.4) is 0 Å². The van der Waals surface area contributed by atoms with Crippen LogP contribution in [0.2, 0.25) is 0 Å². The van der Waals surface area contributed by atoms with Crippen molar-refractivity contribution in [2.75, 3.05) is 33.2 Å². The molecule has 0 spiro atoms. The SMILES string of the molecule is CCN(C)/C=N\c1cc(C)c(OC/C(CCl)=N\OC)cc1C. The lowest BCUT2D eigenvalue weighted by atomic mass is 10.1. The van der Waals surface area contributed by atoms with Gasteiger partial charge in [-0.2, -0.15) is 0 Å². The maximum atomic E-state index is 5.78. The Morgan fingerprint density at radius 3 is 2.64 bits per heavy atom. The van der Waals surface area contributed by atoms with Gasteiger partial charge in [-0.25, -0.2) is 4.99 Å². The van der Waals surface area contributed by atoms with Gasteiger partial charge in [-0.3, -0.25) is 0 Å². The summed E-state index contributed by atoms with van der Waals surface area (Å²) >= 11 is 5.78. The van der Waals surface area contributed by atoms with E-state index in [4.69, 9.17) is 21.2 Å². The zero-order valence-electron chi connectivity index (χ0n) is 13.9. The first-order valence-electron chi connectivity index (χ1n) is 7.15. The minimum Gasteiger partial charge on any atom is -0.487 e. The fourth-order valence-electron chi connectivity index (χ4n) is 1.69. The predicted octanol–water partition coefficient (Wildman–Crippen LogP) is 3.53. The minimum atomic E-state index is 0.275. The Hall–Kier alpha value is -1.75. The molecule has 0 aromatic heterocycles. The van der Waals surface area contributed by atoms with E-state index in [0.29, 0.717) is 12.3 Å². The van der Waals surface area contributed by atoms with Crippen LogP contribution in [-0.4, -0.2) is 50.1 Å². The Balaban J connectivity index is 2.85. The average molecular weight is 326 g/mol. The van der Waals surface area contributed by atoms with E-state index in [0.717, 1.165) is 29.1 Å². The molecule has 0 aliphatic rings. The van der Waals surface area contributed by atoms with E-state index in [-0.39, 0.29) is 5.88 Å². The van der Waals surface area contributed by atoms with Crippen molar-refractivity contribution in [2.45, 2.75) is 20.8 Å². The van der Waals surface area contributed by atoms with Crippen molar-refractivity contribution in [1.82, 2.24) is 4.90 Å². The third kappa shape index (κ3) is 5.56. The first kappa shape index (κ1) is 18.3. The Morgan fingerprint density at radius 1 is 1.32 bits per heavy atom. The summed E-state index contributed by atoms with van der Waals surface area (Å²) in [4.78, 5) is 11.2. The lowest BCUT2D eigenvalue weighted by Crippen LogP contribution is -2.14. The summed E-state index contributed by atoms with van der Waals surface area (Å²) in [6.07, 6.45) is 1.83. The van der Waals surface area contributed by atoms with Crippen LogP contribution in [0.25, 0.3) is 0 Å². The standard InChI is InChI=1S/C16H24ClN3O2/c1-6-20(4)11-18-15-7-13(3)16(8-12(15)2)22-10-14(9-17)19-21-5/h7-8,11H,6,9-10H2,1-5H3/b18-11-,19-14-. The molecule has 122 valence electrons. The molecule has 5 nitrogen and oxygen atoms in total. The van der Waals surface area contributed by atoms with Crippen LogP contribution in [0.4, 0.5) is 5.69 Å². The first-order chi connectivity index (χ1) is 10.5. The molecule has 0 saturated heterocycles. The molecule has 6 heteroatoms. The number of nitrogens with zero attached hydrogens (tertiary/aromatic N) is 3. The third-order valence-electron chi connectivity index (χ3n) is 3.16. The van der Waals surface area contributed by atoms with Gasteiger partial charge in [-0.1, -0.05) is 5.16 Å². The third-order valence-corrected chi connectivity index (χ3v) is 3.46. The number of hydrogen-bond acceptors (Lipinski definition) is 4. The molecule has 0 saturated carbocycles. The van der Waals surface area contributed by atoms with Crippen molar-refractivity contribution >= 4 is 29.3 Å². The van der Waals surface area contributed by atoms with E-state index in [1.54, 1.807) is 0 Å². The van der Waals surface area contributed by atoms with Crippen molar-refractivity contribution in [3.8, 4) is 5.75 Å². The molecule has 0 aliphatic carbocycles. The Morgan fingerprint density at radius 2 is 2.05 bits per heavy atom. The Bertz CT molecular complexity index is 544. The topological polar surface area (TPSA) is 46.4 Å². The van der Waals surface area contributed by atoms with Gasteiger partial charge in [0.05, 0.1) is 17.9 Å². The Kier molecular flexibility index (Phi) is 7.74. The van der Waals surface area contributed by atoms with E-state index in [1.165, 1.54) is 7.11 Å². The fraction of sp³-hybridized carbons (Fsp3) is 0.500. The second kappa shape index (κ2) is 9.30. The monoisotopic (exact) mass is 325 g/mol. The van der Waals surface area contributed by atoms with Crippen LogP contribution in [0.1, 0.15) is 18.1 Å². The first-order valence-corrected chi connectivity index (χ1v) is 7.68. The molecule has 0 radical (unpaired) electrons. The number of benzene rings is 1. The lowest BCUT2D eigenvalue weighted by molar-refractivity contribution is 0.210. The summed E-state index contributed by atoms with van der Waals surface area (Å²) in [5, 5.41) is 3.82. The quantitative estimate of drug-likeness (QED) is 0.318. The maximum Gasteiger partial charge on any atom is 0.131 e. The van der Waals surface area contributed by atoms with Gasteiger partial charge < -0.3 is 14.5 Å². The molecule has 0 aliphatic heterocycles. The van der Waals surface area contributed by atoms with Crippen molar-refractivity contribution in [3.05, 3.63) is 23.3 Å². The molecular weight excluding hydrogens is 302 g/mol. The van der Waals surface area contributed by atoms with Crippen LogP contribution in [0.5, 0.6) is 5.75 Å². The number of aryl methyl sites for hydroxylation is 2. The van der Waals surface area contributed by atoms with Crippen LogP contribution in [0.15, 0.2) is 22.3 Å². The molecule has 0 amide bonds. The van der Waals surface area contributed by atoms with Crippen molar-refractivity contribution in [2.24, 2.45) is 10.1 Å². The largest absolute Gasteiger partial charge is 0.487 e. The van der Waals surface area contributed by atoms with E-state index >= 15 is 0 Å². The molecule has 1 aromatic rings. The highest BCUT2D eigenvalue weighted by molar-refractivity contribution is 6.28. The second-order valence-corrected chi connectivity index (χ2v) is 5.25. The van der Waals surface area contributed by atoms with Gasteiger partial charge in [0.25, 0.3) is 0 Å².